The first-order chi connectivity index (χ1) is 14.2. The molecule has 0 aromatic carbocycles. The van der Waals surface area contributed by atoms with E-state index in [-0.39, 0.29) is 11.1 Å². The number of carboxylic acid groups (broad SMARTS) is 2. The van der Waals surface area contributed by atoms with Gasteiger partial charge in [-0.15, -0.1) is 0 Å². The highest BCUT2D eigenvalue weighted by atomic mass is 16.5. The molecule has 0 bridgehead atoms. The van der Waals surface area contributed by atoms with E-state index < -0.39 is 11.9 Å². The van der Waals surface area contributed by atoms with Crippen LogP contribution in [-0.2, 0) is 16.1 Å². The fourth-order valence-corrected chi connectivity index (χ4v) is 4.54. The minimum absolute atomic E-state index is 0.161. The molecule has 31 heavy (non-hydrogen) atoms. The van der Waals surface area contributed by atoms with E-state index in [9.17, 15) is 0 Å². The number of piperidine rings is 1. The SMILES string of the molecule is Cc1cc(-n2c(C)cc(CNC3CC(C)(C)NC(C)(C)C3)c2C)no1.O=C(O)C(=O)O. The third-order valence-electron chi connectivity index (χ3n) is 5.33. The lowest BCUT2D eigenvalue weighted by Gasteiger charge is -2.46. The summed E-state index contributed by atoms with van der Waals surface area (Å²) in [6.07, 6.45) is 2.27. The van der Waals surface area contributed by atoms with Crippen LogP contribution in [0.15, 0.2) is 16.7 Å². The van der Waals surface area contributed by atoms with Crippen molar-refractivity contribution in [2.45, 2.75) is 85.0 Å². The summed E-state index contributed by atoms with van der Waals surface area (Å²) < 4.78 is 7.42. The van der Waals surface area contributed by atoms with Gasteiger partial charge in [0, 0.05) is 41.1 Å². The molecule has 1 aliphatic heterocycles. The van der Waals surface area contributed by atoms with Crippen LogP contribution in [0.1, 0.15) is 63.2 Å². The van der Waals surface area contributed by atoms with Gasteiger partial charge in [-0.1, -0.05) is 5.16 Å². The van der Waals surface area contributed by atoms with Crippen molar-refractivity contribution in [3.05, 3.63) is 34.8 Å². The Morgan fingerprint density at radius 2 is 1.68 bits per heavy atom. The summed E-state index contributed by atoms with van der Waals surface area (Å²) >= 11 is 0. The molecule has 0 unspecified atom stereocenters. The summed E-state index contributed by atoms with van der Waals surface area (Å²) in [5, 5.41) is 26.5. The molecule has 0 atom stereocenters. The van der Waals surface area contributed by atoms with Crippen LogP contribution in [0.4, 0.5) is 0 Å². The molecule has 3 heterocycles. The van der Waals surface area contributed by atoms with Gasteiger partial charge < -0.3 is 29.9 Å². The van der Waals surface area contributed by atoms with E-state index in [0.29, 0.717) is 6.04 Å². The van der Waals surface area contributed by atoms with E-state index in [1.807, 2.05) is 13.0 Å². The highest BCUT2D eigenvalue weighted by Crippen LogP contribution is 2.29. The Kier molecular flexibility index (Phi) is 7.33. The third-order valence-corrected chi connectivity index (χ3v) is 5.33. The summed E-state index contributed by atoms with van der Waals surface area (Å²) in [7, 11) is 0. The lowest BCUT2D eigenvalue weighted by molar-refractivity contribution is -0.159. The Morgan fingerprint density at radius 3 is 2.13 bits per heavy atom. The second-order valence-electron chi connectivity index (χ2n) is 9.52. The molecule has 172 valence electrons. The summed E-state index contributed by atoms with van der Waals surface area (Å²) in [5.41, 5.74) is 4.06. The molecule has 9 heteroatoms. The summed E-state index contributed by atoms with van der Waals surface area (Å²) in [5.74, 6) is -1.95. The average Bonchev–Trinajstić information content (AvgIpc) is 3.13. The van der Waals surface area contributed by atoms with Gasteiger partial charge in [0.05, 0.1) is 0 Å². The average molecular weight is 435 g/mol. The third kappa shape index (κ3) is 6.67. The molecule has 0 spiro atoms. The number of hydrogen-bond acceptors (Lipinski definition) is 6. The first-order valence-electron chi connectivity index (χ1n) is 10.3. The lowest BCUT2D eigenvalue weighted by atomic mass is 9.79. The van der Waals surface area contributed by atoms with Gasteiger partial charge in [-0.3, -0.25) is 0 Å². The summed E-state index contributed by atoms with van der Waals surface area (Å²) in [6, 6.07) is 4.75. The number of aliphatic carboxylic acids is 2. The zero-order valence-corrected chi connectivity index (χ0v) is 19.4. The summed E-state index contributed by atoms with van der Waals surface area (Å²) in [4.78, 5) is 18.2. The number of aromatic nitrogens is 2. The molecule has 4 N–H and O–H groups in total. The van der Waals surface area contributed by atoms with E-state index in [2.05, 4.69) is 68.0 Å². The largest absolute Gasteiger partial charge is 0.473 e. The Bertz CT molecular complexity index is 914. The van der Waals surface area contributed by atoms with Gasteiger partial charge in [-0.05, 0) is 72.9 Å². The second kappa shape index (κ2) is 9.23. The second-order valence-corrected chi connectivity index (χ2v) is 9.52. The van der Waals surface area contributed by atoms with Gasteiger partial charge in [0.2, 0.25) is 0 Å². The molecule has 0 saturated carbocycles. The number of carbonyl (C=O) groups is 2. The van der Waals surface area contributed by atoms with Crippen LogP contribution in [0.25, 0.3) is 5.82 Å². The van der Waals surface area contributed by atoms with E-state index in [1.54, 1.807) is 0 Å². The normalized spacial score (nSPS) is 17.6. The summed E-state index contributed by atoms with van der Waals surface area (Å²) in [6.45, 7) is 16.3. The maximum absolute atomic E-state index is 9.10. The molecular formula is C22H34N4O5. The Hall–Kier alpha value is -2.65. The molecule has 0 amide bonds. The van der Waals surface area contributed by atoms with Crippen molar-refractivity contribution >= 4 is 11.9 Å². The Balaban J connectivity index is 0.000000501. The van der Waals surface area contributed by atoms with Crippen LogP contribution in [0, 0.1) is 20.8 Å². The van der Waals surface area contributed by atoms with Crippen LogP contribution in [0.5, 0.6) is 0 Å². The molecule has 1 saturated heterocycles. The molecular weight excluding hydrogens is 400 g/mol. The zero-order valence-electron chi connectivity index (χ0n) is 19.4. The van der Waals surface area contributed by atoms with E-state index >= 15 is 0 Å². The van der Waals surface area contributed by atoms with Crippen LogP contribution in [0.3, 0.4) is 0 Å². The van der Waals surface area contributed by atoms with Gasteiger partial charge in [0.1, 0.15) is 5.76 Å². The fraction of sp³-hybridized carbons (Fsp3) is 0.591. The monoisotopic (exact) mass is 434 g/mol. The van der Waals surface area contributed by atoms with Crippen molar-refractivity contribution in [2.24, 2.45) is 0 Å². The minimum atomic E-state index is -1.82. The first-order valence-corrected chi connectivity index (χ1v) is 10.3. The van der Waals surface area contributed by atoms with Crippen molar-refractivity contribution in [2.75, 3.05) is 0 Å². The quantitative estimate of drug-likeness (QED) is 0.541. The number of rotatable bonds is 4. The van der Waals surface area contributed by atoms with Gasteiger partial charge in [0.15, 0.2) is 5.82 Å². The van der Waals surface area contributed by atoms with Crippen LogP contribution in [-0.4, -0.2) is 49.0 Å². The molecule has 1 fully saturated rings. The molecule has 0 radical (unpaired) electrons. The number of hydrogen-bond donors (Lipinski definition) is 4. The topological polar surface area (TPSA) is 130 Å². The van der Waals surface area contributed by atoms with Crippen molar-refractivity contribution in [1.29, 1.82) is 0 Å². The fourth-order valence-electron chi connectivity index (χ4n) is 4.54. The van der Waals surface area contributed by atoms with Crippen LogP contribution >= 0.6 is 0 Å². The predicted molar refractivity (Wildman–Crippen MR) is 116 cm³/mol. The van der Waals surface area contributed by atoms with E-state index in [4.69, 9.17) is 24.3 Å². The van der Waals surface area contributed by atoms with Gasteiger partial charge in [0.25, 0.3) is 0 Å². The lowest BCUT2D eigenvalue weighted by Crippen LogP contribution is -2.61. The van der Waals surface area contributed by atoms with Crippen molar-refractivity contribution in [3.8, 4) is 5.82 Å². The van der Waals surface area contributed by atoms with Gasteiger partial charge in [-0.2, -0.15) is 0 Å². The van der Waals surface area contributed by atoms with Crippen molar-refractivity contribution in [3.63, 3.8) is 0 Å². The smallest absolute Gasteiger partial charge is 0.414 e. The molecule has 1 aliphatic rings. The van der Waals surface area contributed by atoms with Crippen molar-refractivity contribution < 1.29 is 24.3 Å². The molecule has 0 aliphatic carbocycles. The van der Waals surface area contributed by atoms with E-state index in [0.717, 1.165) is 31.0 Å². The van der Waals surface area contributed by atoms with E-state index in [1.165, 1.54) is 17.0 Å². The molecule has 2 aromatic heterocycles. The van der Waals surface area contributed by atoms with Crippen LogP contribution in [0.2, 0.25) is 0 Å². The first kappa shape index (κ1) is 24.6. The predicted octanol–water partition coefficient (Wildman–Crippen LogP) is 2.94. The van der Waals surface area contributed by atoms with Gasteiger partial charge in [-0.25, -0.2) is 9.59 Å². The number of aryl methyl sites for hydroxylation is 2. The standard InChI is InChI=1S/C20H32N4O.C2H2O4/c1-13-8-16(15(3)24(13)18-9-14(2)25-22-18)12-21-17-10-19(4,5)23-20(6,7)11-17;3-1(4)2(5)6/h8-9,17,21,23H,10-12H2,1-7H3;(H,3,4)(H,5,6). The zero-order chi connectivity index (χ0) is 23.6. The Labute approximate surface area is 182 Å². The number of carboxylic acids is 2. The van der Waals surface area contributed by atoms with Crippen molar-refractivity contribution in [1.82, 2.24) is 20.4 Å². The number of nitrogens with zero attached hydrogens (tertiary/aromatic N) is 2. The maximum atomic E-state index is 9.10. The van der Waals surface area contributed by atoms with Gasteiger partial charge >= 0.3 is 11.9 Å². The molecule has 2 aromatic rings. The molecule has 9 nitrogen and oxygen atoms in total. The minimum Gasteiger partial charge on any atom is -0.473 e. The maximum Gasteiger partial charge on any atom is 0.414 e. The van der Waals surface area contributed by atoms with Crippen LogP contribution < -0.4 is 10.6 Å². The Morgan fingerprint density at radius 1 is 1.13 bits per heavy atom. The highest BCUT2D eigenvalue weighted by molar-refractivity contribution is 6.27. The molecule has 3 rings (SSSR count). The number of nitrogens with one attached hydrogen (secondary N) is 2. The highest BCUT2D eigenvalue weighted by Gasteiger charge is 2.37.